The molecule has 1 fully saturated rings. The Morgan fingerprint density at radius 3 is 2.36 bits per heavy atom. The first-order valence-electron chi connectivity index (χ1n) is 10.7. The van der Waals surface area contributed by atoms with Crippen LogP contribution in [0.25, 0.3) is 11.3 Å². The van der Waals surface area contributed by atoms with Gasteiger partial charge >= 0.3 is 0 Å². The van der Waals surface area contributed by atoms with E-state index in [4.69, 9.17) is 4.74 Å². The fraction of sp³-hybridized carbons (Fsp3) is 0.304. The summed E-state index contributed by atoms with van der Waals surface area (Å²) in [4.78, 5) is 4.60. The zero-order valence-electron chi connectivity index (χ0n) is 18.5. The van der Waals surface area contributed by atoms with E-state index in [-0.39, 0.29) is 4.90 Å². The molecule has 2 aromatic carbocycles. The maximum Gasteiger partial charge on any atom is 0.265 e. The number of benzene rings is 2. The lowest BCUT2D eigenvalue weighted by atomic mass is 10.1. The van der Waals surface area contributed by atoms with Crippen LogP contribution in [0.5, 0.6) is 5.75 Å². The first-order valence-corrected chi connectivity index (χ1v) is 13.0. The first-order chi connectivity index (χ1) is 15.9. The van der Waals surface area contributed by atoms with Crippen LogP contribution in [-0.4, -0.2) is 63.3 Å². The van der Waals surface area contributed by atoms with Crippen molar-refractivity contribution in [3.63, 3.8) is 0 Å². The lowest BCUT2D eigenvalue weighted by molar-refractivity contribution is 0.312. The minimum Gasteiger partial charge on any atom is -0.492 e. The third kappa shape index (κ3) is 5.63. The van der Waals surface area contributed by atoms with Crippen molar-refractivity contribution in [2.45, 2.75) is 11.8 Å². The average molecular weight is 532 g/mol. The van der Waals surface area contributed by atoms with Gasteiger partial charge in [0.15, 0.2) is 5.82 Å². The van der Waals surface area contributed by atoms with Gasteiger partial charge in [0.1, 0.15) is 10.6 Å². The molecule has 1 aliphatic heterocycles. The van der Waals surface area contributed by atoms with Gasteiger partial charge in [0, 0.05) is 41.9 Å². The molecule has 0 saturated carbocycles. The molecule has 4 rings (SSSR count). The molecule has 1 aromatic heterocycles. The average Bonchev–Trinajstić information content (AvgIpc) is 2.81. The Morgan fingerprint density at radius 1 is 1.00 bits per heavy atom. The Morgan fingerprint density at radius 2 is 1.73 bits per heavy atom. The number of ether oxygens (including phenoxy) is 1. The quantitative estimate of drug-likeness (QED) is 0.495. The summed E-state index contributed by atoms with van der Waals surface area (Å²) in [7, 11) is -1.71. The summed E-state index contributed by atoms with van der Waals surface area (Å²) in [6, 6.07) is 15.9. The lowest BCUT2D eigenvalue weighted by Crippen LogP contribution is -2.44. The molecule has 0 bridgehead atoms. The van der Waals surface area contributed by atoms with Gasteiger partial charge in [-0.15, -0.1) is 10.2 Å². The summed E-state index contributed by atoms with van der Waals surface area (Å²) in [5.41, 5.74) is 2.03. The van der Waals surface area contributed by atoms with Crippen LogP contribution in [0.3, 0.4) is 0 Å². The number of halogens is 1. The van der Waals surface area contributed by atoms with Gasteiger partial charge in [0.25, 0.3) is 10.0 Å². The SMILES string of the molecule is CCOc1ccc(Br)cc1S(=O)(=O)Nc1ccc(-c2ccc(N3CCN(C)CC3)nn2)cc1. The van der Waals surface area contributed by atoms with E-state index < -0.39 is 10.0 Å². The van der Waals surface area contributed by atoms with E-state index in [0.717, 1.165) is 43.3 Å². The van der Waals surface area contributed by atoms with Gasteiger partial charge in [0.05, 0.1) is 12.3 Å². The molecule has 1 saturated heterocycles. The molecule has 10 heteroatoms. The van der Waals surface area contributed by atoms with Crippen LogP contribution < -0.4 is 14.4 Å². The number of nitrogens with zero attached hydrogens (tertiary/aromatic N) is 4. The van der Waals surface area contributed by atoms with Crippen molar-refractivity contribution in [3.05, 3.63) is 59.1 Å². The third-order valence-electron chi connectivity index (χ3n) is 5.41. The minimum absolute atomic E-state index is 0.0770. The highest BCUT2D eigenvalue weighted by Gasteiger charge is 2.21. The van der Waals surface area contributed by atoms with E-state index in [2.05, 4.69) is 47.7 Å². The van der Waals surface area contributed by atoms with Crippen LogP contribution in [0.15, 0.2) is 64.0 Å². The number of sulfonamides is 1. The Bertz CT molecular complexity index is 1200. The predicted molar refractivity (Wildman–Crippen MR) is 133 cm³/mol. The summed E-state index contributed by atoms with van der Waals surface area (Å²) in [5.74, 6) is 1.18. The number of piperazine rings is 1. The molecule has 0 radical (unpaired) electrons. The van der Waals surface area contributed by atoms with Crippen molar-refractivity contribution in [2.24, 2.45) is 0 Å². The second-order valence-corrected chi connectivity index (χ2v) is 10.3. The highest BCUT2D eigenvalue weighted by Crippen LogP contribution is 2.30. The van der Waals surface area contributed by atoms with E-state index in [9.17, 15) is 8.42 Å². The van der Waals surface area contributed by atoms with Crippen molar-refractivity contribution >= 4 is 37.5 Å². The zero-order valence-corrected chi connectivity index (χ0v) is 20.9. The molecule has 0 spiro atoms. The van der Waals surface area contributed by atoms with Gasteiger partial charge in [0.2, 0.25) is 0 Å². The summed E-state index contributed by atoms with van der Waals surface area (Å²) in [6.07, 6.45) is 0. The zero-order chi connectivity index (χ0) is 23.4. The van der Waals surface area contributed by atoms with Crippen molar-refractivity contribution in [3.8, 4) is 17.0 Å². The summed E-state index contributed by atoms with van der Waals surface area (Å²) < 4.78 is 34.7. The second kappa shape index (κ2) is 10.1. The Labute approximate surface area is 202 Å². The molecule has 8 nitrogen and oxygen atoms in total. The molecule has 1 aliphatic rings. The van der Waals surface area contributed by atoms with E-state index in [1.165, 1.54) is 6.07 Å². The smallest absolute Gasteiger partial charge is 0.265 e. The molecule has 0 amide bonds. The van der Waals surface area contributed by atoms with Crippen LogP contribution >= 0.6 is 15.9 Å². The van der Waals surface area contributed by atoms with Crippen LogP contribution in [-0.2, 0) is 10.0 Å². The predicted octanol–water partition coefficient (Wildman–Crippen LogP) is 3.86. The summed E-state index contributed by atoms with van der Waals surface area (Å²) >= 11 is 3.33. The van der Waals surface area contributed by atoms with Crippen molar-refractivity contribution < 1.29 is 13.2 Å². The Kier molecular flexibility index (Phi) is 7.16. The highest BCUT2D eigenvalue weighted by molar-refractivity contribution is 9.10. The van der Waals surface area contributed by atoms with E-state index in [0.29, 0.717) is 22.5 Å². The maximum absolute atomic E-state index is 13.0. The maximum atomic E-state index is 13.0. The van der Waals surface area contributed by atoms with Crippen molar-refractivity contribution in [2.75, 3.05) is 49.5 Å². The fourth-order valence-corrected chi connectivity index (χ4v) is 5.31. The van der Waals surface area contributed by atoms with Crippen LogP contribution in [0.4, 0.5) is 11.5 Å². The fourth-order valence-electron chi connectivity index (χ4n) is 3.57. The molecule has 1 N–H and O–H groups in total. The van der Waals surface area contributed by atoms with E-state index in [1.54, 1.807) is 24.3 Å². The number of likely N-dealkylation sites (N-methyl/N-ethyl adjacent to an activating group) is 1. The van der Waals surface area contributed by atoms with Gasteiger partial charge in [-0.3, -0.25) is 4.72 Å². The molecule has 0 aliphatic carbocycles. The van der Waals surface area contributed by atoms with Gasteiger partial charge in [-0.1, -0.05) is 28.1 Å². The number of hydrogen-bond acceptors (Lipinski definition) is 7. The normalized spacial score (nSPS) is 14.8. The first kappa shape index (κ1) is 23.5. The topological polar surface area (TPSA) is 87.7 Å². The van der Waals surface area contributed by atoms with E-state index in [1.807, 2.05) is 31.2 Å². The summed E-state index contributed by atoms with van der Waals surface area (Å²) in [5, 5.41) is 8.76. The third-order valence-corrected chi connectivity index (χ3v) is 7.30. The van der Waals surface area contributed by atoms with E-state index >= 15 is 0 Å². The van der Waals surface area contributed by atoms with Gasteiger partial charge in [-0.25, -0.2) is 8.42 Å². The van der Waals surface area contributed by atoms with Gasteiger partial charge < -0.3 is 14.5 Å². The molecule has 174 valence electrons. The molecule has 0 atom stereocenters. The standard InChI is InChI=1S/C23H26BrN5O3S/c1-3-32-21-10-6-18(24)16-22(21)33(30,31)27-19-7-4-17(5-8-19)20-9-11-23(26-25-20)29-14-12-28(2)13-15-29/h4-11,16,27H,3,12-15H2,1-2H3. The minimum atomic E-state index is -3.83. The van der Waals surface area contributed by atoms with Gasteiger partial charge in [-0.05, 0) is 56.4 Å². The van der Waals surface area contributed by atoms with Crippen molar-refractivity contribution in [1.29, 1.82) is 0 Å². The van der Waals surface area contributed by atoms with Gasteiger partial charge in [-0.2, -0.15) is 0 Å². The molecule has 33 heavy (non-hydrogen) atoms. The van der Waals surface area contributed by atoms with Crippen LogP contribution in [0.1, 0.15) is 6.92 Å². The molecular formula is C23H26BrN5O3S. The lowest BCUT2D eigenvalue weighted by Gasteiger charge is -2.32. The summed E-state index contributed by atoms with van der Waals surface area (Å²) in [6.45, 7) is 6.06. The molecule has 3 aromatic rings. The largest absolute Gasteiger partial charge is 0.492 e. The van der Waals surface area contributed by atoms with Crippen LogP contribution in [0.2, 0.25) is 0 Å². The second-order valence-electron chi connectivity index (χ2n) is 7.77. The highest BCUT2D eigenvalue weighted by atomic mass is 79.9. The number of anilines is 2. The number of rotatable bonds is 7. The number of aromatic nitrogens is 2. The molecule has 2 heterocycles. The Balaban J connectivity index is 1.48. The Hall–Kier alpha value is -2.69. The van der Waals surface area contributed by atoms with Crippen LogP contribution in [0, 0.1) is 0 Å². The number of nitrogens with one attached hydrogen (secondary N) is 1. The van der Waals surface area contributed by atoms with Crippen molar-refractivity contribution in [1.82, 2.24) is 15.1 Å². The number of hydrogen-bond donors (Lipinski definition) is 1. The monoisotopic (exact) mass is 531 g/mol. The molecule has 0 unspecified atom stereocenters. The molecular weight excluding hydrogens is 506 g/mol.